The van der Waals surface area contributed by atoms with Crippen LogP contribution >= 0.6 is 31.9 Å². The summed E-state index contributed by atoms with van der Waals surface area (Å²) in [6, 6.07) is 0. The highest BCUT2D eigenvalue weighted by Gasteiger charge is 2.31. The van der Waals surface area contributed by atoms with E-state index in [-0.39, 0.29) is 5.57 Å². The first kappa shape index (κ1) is 22.2. The Labute approximate surface area is 165 Å². The van der Waals surface area contributed by atoms with E-state index in [1.165, 1.54) is 44.6 Å². The lowest BCUT2D eigenvalue weighted by Gasteiger charge is -2.13. The van der Waals surface area contributed by atoms with E-state index in [1.807, 2.05) is 0 Å². The number of rotatable bonds is 13. The van der Waals surface area contributed by atoms with Gasteiger partial charge in [0, 0.05) is 0 Å². The molecule has 0 aromatic rings. The topological polar surface area (TPSA) is 78.7 Å². The van der Waals surface area contributed by atoms with Crippen LogP contribution in [0, 0.1) is 10.1 Å². The molecule has 1 unspecified atom stereocenters. The van der Waals surface area contributed by atoms with Crippen LogP contribution in [0.25, 0.3) is 0 Å². The Morgan fingerprint density at radius 2 is 1.72 bits per heavy atom. The SMILES string of the molecule is CCCCCCCCCCCC(O[N+](=O)[O-])C1=CC(=C(Br)Br)OC1=O. The molecule has 0 amide bonds. The molecule has 25 heavy (non-hydrogen) atoms. The third kappa shape index (κ3) is 8.85. The molecule has 0 fully saturated rings. The maximum atomic E-state index is 11.9. The molecule has 0 N–H and O–H groups in total. The van der Waals surface area contributed by atoms with Crippen molar-refractivity contribution in [3.63, 3.8) is 0 Å². The summed E-state index contributed by atoms with van der Waals surface area (Å²) in [5.74, 6) is -0.307. The average molecular weight is 483 g/mol. The van der Waals surface area contributed by atoms with E-state index in [2.05, 4.69) is 38.8 Å². The average Bonchev–Trinajstić information content (AvgIpc) is 2.94. The molecule has 0 saturated carbocycles. The number of carbonyl (C=O) groups excluding carboxylic acids is 1. The molecule has 6 nitrogen and oxygen atoms in total. The Hall–Kier alpha value is -0.890. The molecule has 1 aliphatic rings. The first-order valence-corrected chi connectivity index (χ1v) is 10.3. The number of carbonyl (C=O) groups is 1. The second kappa shape index (κ2) is 12.5. The van der Waals surface area contributed by atoms with Crippen LogP contribution in [-0.4, -0.2) is 17.2 Å². The zero-order chi connectivity index (χ0) is 18.7. The molecule has 1 heterocycles. The fourth-order valence-electron chi connectivity index (χ4n) is 2.72. The predicted octanol–water partition coefficient (Wildman–Crippen LogP) is 5.93. The minimum atomic E-state index is -0.885. The summed E-state index contributed by atoms with van der Waals surface area (Å²) in [7, 11) is 0. The molecule has 142 valence electrons. The predicted molar refractivity (Wildman–Crippen MR) is 103 cm³/mol. The zero-order valence-corrected chi connectivity index (χ0v) is 17.6. The number of hydrogen-bond donors (Lipinski definition) is 0. The normalized spacial score (nSPS) is 14.9. The quantitative estimate of drug-likeness (QED) is 0.141. The van der Waals surface area contributed by atoms with Gasteiger partial charge in [-0.25, -0.2) is 4.79 Å². The fourth-order valence-corrected chi connectivity index (χ4v) is 3.11. The van der Waals surface area contributed by atoms with E-state index < -0.39 is 17.2 Å². The molecule has 0 spiro atoms. The molecule has 1 aliphatic heterocycles. The minimum absolute atomic E-state index is 0.183. The van der Waals surface area contributed by atoms with Gasteiger partial charge in [-0.3, -0.25) is 0 Å². The van der Waals surface area contributed by atoms with E-state index in [1.54, 1.807) is 0 Å². The lowest BCUT2D eigenvalue weighted by atomic mass is 10.0. The van der Waals surface area contributed by atoms with Gasteiger partial charge in [0.1, 0.15) is 9.50 Å². The van der Waals surface area contributed by atoms with Gasteiger partial charge in [0.15, 0.2) is 5.76 Å². The van der Waals surface area contributed by atoms with Crippen molar-refractivity contribution in [3.8, 4) is 0 Å². The second-order valence-electron chi connectivity index (χ2n) is 6.05. The van der Waals surface area contributed by atoms with E-state index in [4.69, 9.17) is 9.57 Å². The Balaban J connectivity index is 2.40. The first-order valence-electron chi connectivity index (χ1n) is 8.76. The Kier molecular flexibility index (Phi) is 11.0. The van der Waals surface area contributed by atoms with Crippen molar-refractivity contribution in [2.45, 2.75) is 77.2 Å². The lowest BCUT2D eigenvalue weighted by molar-refractivity contribution is -0.766. The van der Waals surface area contributed by atoms with Crippen LogP contribution in [0.15, 0.2) is 20.8 Å². The van der Waals surface area contributed by atoms with Crippen LogP contribution in [0.1, 0.15) is 71.1 Å². The van der Waals surface area contributed by atoms with Gasteiger partial charge in [0.05, 0.1) is 5.57 Å². The largest absolute Gasteiger partial charge is 0.421 e. The summed E-state index contributed by atoms with van der Waals surface area (Å²) in [6.07, 6.45) is 11.4. The first-order chi connectivity index (χ1) is 12.0. The van der Waals surface area contributed by atoms with Crippen molar-refractivity contribution in [1.29, 1.82) is 0 Å². The highest BCUT2D eigenvalue weighted by atomic mass is 79.9. The lowest BCUT2D eigenvalue weighted by Crippen LogP contribution is -2.23. The number of nitrogens with zero attached hydrogens (tertiary/aromatic N) is 1. The fraction of sp³-hybridized carbons (Fsp3) is 0.706. The molecule has 0 saturated heterocycles. The van der Waals surface area contributed by atoms with Gasteiger partial charge >= 0.3 is 5.97 Å². The number of hydrogen-bond acceptors (Lipinski definition) is 5. The maximum absolute atomic E-state index is 11.9. The van der Waals surface area contributed by atoms with Crippen LogP contribution in [0.2, 0.25) is 0 Å². The number of unbranched alkanes of at least 4 members (excludes halogenated alkanes) is 8. The summed E-state index contributed by atoms with van der Waals surface area (Å²) >= 11 is 6.32. The van der Waals surface area contributed by atoms with Gasteiger partial charge in [-0.15, -0.1) is 10.1 Å². The molecule has 1 rings (SSSR count). The van der Waals surface area contributed by atoms with Gasteiger partial charge in [-0.1, -0.05) is 64.7 Å². The summed E-state index contributed by atoms with van der Waals surface area (Å²) in [5.41, 5.74) is 0.183. The van der Waals surface area contributed by atoms with Crippen molar-refractivity contribution in [2.24, 2.45) is 0 Å². The van der Waals surface area contributed by atoms with E-state index in [0.717, 1.165) is 19.3 Å². The van der Waals surface area contributed by atoms with E-state index in [0.29, 0.717) is 15.6 Å². The maximum Gasteiger partial charge on any atom is 0.341 e. The minimum Gasteiger partial charge on any atom is -0.421 e. The van der Waals surface area contributed by atoms with Crippen LogP contribution < -0.4 is 0 Å². The highest BCUT2D eigenvalue weighted by molar-refractivity contribution is 9.28. The number of cyclic esters (lactones) is 1. The monoisotopic (exact) mass is 481 g/mol. The van der Waals surface area contributed by atoms with Crippen LogP contribution in [0.4, 0.5) is 0 Å². The van der Waals surface area contributed by atoms with Gasteiger partial charge < -0.3 is 9.57 Å². The molecule has 0 aliphatic carbocycles. The molecule has 1 atom stereocenters. The summed E-state index contributed by atoms with van der Waals surface area (Å²) < 4.78 is 5.52. The Morgan fingerprint density at radius 3 is 2.20 bits per heavy atom. The number of halogens is 2. The van der Waals surface area contributed by atoms with Crippen LogP contribution in [0.5, 0.6) is 0 Å². The molecule has 0 aromatic carbocycles. The van der Waals surface area contributed by atoms with Gasteiger partial charge in [-0.2, -0.15) is 0 Å². The number of esters is 1. The molecule has 8 heteroatoms. The van der Waals surface area contributed by atoms with E-state index >= 15 is 0 Å². The smallest absolute Gasteiger partial charge is 0.341 e. The zero-order valence-electron chi connectivity index (χ0n) is 14.5. The van der Waals surface area contributed by atoms with Crippen molar-refractivity contribution >= 4 is 37.8 Å². The third-order valence-corrected chi connectivity index (χ3v) is 4.82. The van der Waals surface area contributed by atoms with Crippen LogP contribution in [-0.2, 0) is 14.4 Å². The summed E-state index contributed by atoms with van der Waals surface area (Å²) in [6.45, 7) is 2.20. The van der Waals surface area contributed by atoms with Crippen molar-refractivity contribution in [2.75, 3.05) is 0 Å². The van der Waals surface area contributed by atoms with Crippen molar-refractivity contribution < 1.29 is 19.5 Å². The summed E-state index contributed by atoms with van der Waals surface area (Å²) in [5, 5.41) is 9.87. The Bertz CT molecular complexity index is 515. The van der Waals surface area contributed by atoms with Gasteiger partial charge in [0.25, 0.3) is 5.09 Å². The highest BCUT2D eigenvalue weighted by Crippen LogP contribution is 2.30. The van der Waals surface area contributed by atoms with Crippen molar-refractivity contribution in [1.82, 2.24) is 0 Å². The van der Waals surface area contributed by atoms with Crippen molar-refractivity contribution in [3.05, 3.63) is 30.9 Å². The summed E-state index contributed by atoms with van der Waals surface area (Å²) in [4.78, 5) is 27.3. The molecular formula is C17H25Br2NO5. The van der Waals surface area contributed by atoms with Gasteiger partial charge in [0.2, 0.25) is 0 Å². The molecule has 0 aromatic heterocycles. The number of ether oxygens (including phenoxy) is 1. The van der Waals surface area contributed by atoms with Gasteiger partial charge in [-0.05, 0) is 44.4 Å². The second-order valence-corrected chi connectivity index (χ2v) is 8.70. The third-order valence-electron chi connectivity index (χ3n) is 4.04. The molecular weight excluding hydrogens is 458 g/mol. The van der Waals surface area contributed by atoms with Crippen LogP contribution in [0.3, 0.4) is 0 Å². The molecule has 0 radical (unpaired) electrons. The molecule has 0 bridgehead atoms. The Morgan fingerprint density at radius 1 is 1.16 bits per heavy atom. The standard InChI is InChI=1S/C17H25Br2NO5/c1-2-3-4-5-6-7-8-9-10-11-14(25-20(22)23)13-12-15(16(18)19)24-17(13)21/h12,14H,2-11H2,1H3. The number of allylic oxidation sites excluding steroid dienone is 1. The van der Waals surface area contributed by atoms with E-state index in [9.17, 15) is 14.9 Å².